The minimum absolute atomic E-state index is 0.137. The summed E-state index contributed by atoms with van der Waals surface area (Å²) in [6.07, 6.45) is 0. The van der Waals surface area contributed by atoms with E-state index >= 15 is 0 Å². The SMILES string of the molecule is CN1CCN(C(=O)[C@H](CNC(=O)c2ccc(Cl)s2)NS(=O)(=O)c2cccc(N3CCOCC3=O)c2Cl)CC1. The van der Waals surface area contributed by atoms with Crippen molar-refractivity contribution >= 4 is 68.0 Å². The van der Waals surface area contributed by atoms with E-state index in [4.69, 9.17) is 27.9 Å². The number of carbonyl (C=O) groups excluding carboxylic acids is 3. The minimum atomic E-state index is -4.35. The van der Waals surface area contributed by atoms with Gasteiger partial charge in [-0.15, -0.1) is 11.3 Å². The van der Waals surface area contributed by atoms with Crippen molar-refractivity contribution in [3.63, 3.8) is 0 Å². The summed E-state index contributed by atoms with van der Waals surface area (Å²) in [5.41, 5.74) is 0.229. The molecule has 2 saturated heterocycles. The molecule has 3 amide bonds. The number of halogens is 2. The second kappa shape index (κ2) is 12.3. The van der Waals surface area contributed by atoms with Gasteiger partial charge in [0.05, 0.1) is 26.5 Å². The zero-order chi connectivity index (χ0) is 27.4. The van der Waals surface area contributed by atoms with Crippen LogP contribution in [0.2, 0.25) is 9.36 Å². The Morgan fingerprint density at radius 3 is 2.50 bits per heavy atom. The van der Waals surface area contributed by atoms with Crippen LogP contribution in [0.3, 0.4) is 0 Å². The molecule has 1 atom stereocenters. The predicted molar refractivity (Wildman–Crippen MR) is 144 cm³/mol. The largest absolute Gasteiger partial charge is 0.370 e. The van der Waals surface area contributed by atoms with Gasteiger partial charge in [-0.05, 0) is 31.3 Å². The lowest BCUT2D eigenvalue weighted by molar-refractivity contribution is -0.134. The van der Waals surface area contributed by atoms with Crippen molar-refractivity contribution in [3.8, 4) is 0 Å². The number of anilines is 1. The molecule has 1 aromatic carbocycles. The van der Waals surface area contributed by atoms with Gasteiger partial charge in [-0.1, -0.05) is 29.3 Å². The Labute approximate surface area is 234 Å². The highest BCUT2D eigenvalue weighted by atomic mass is 35.5. The standard InChI is InChI=1S/C23H27Cl2N5O6S2/c1-28-7-9-29(10-8-28)23(33)15(13-26-22(32)17-5-6-19(24)37-17)27-38(34,35)18-4-2-3-16(21(18)25)30-11-12-36-14-20(30)31/h2-6,15,27H,7-14H2,1H3,(H,26,32)/t15-/m0/s1. The number of nitrogens with zero attached hydrogens (tertiary/aromatic N) is 3. The molecule has 3 heterocycles. The normalized spacial score (nSPS) is 17.9. The molecule has 0 aliphatic carbocycles. The van der Waals surface area contributed by atoms with Crippen LogP contribution in [0.4, 0.5) is 5.69 Å². The molecule has 2 aromatic rings. The van der Waals surface area contributed by atoms with Crippen LogP contribution < -0.4 is 14.9 Å². The zero-order valence-corrected chi connectivity index (χ0v) is 23.6. The number of morpholine rings is 1. The van der Waals surface area contributed by atoms with Crippen molar-refractivity contribution in [1.82, 2.24) is 19.8 Å². The molecular weight excluding hydrogens is 577 g/mol. The molecule has 11 nitrogen and oxygen atoms in total. The lowest BCUT2D eigenvalue weighted by Gasteiger charge is -2.34. The van der Waals surface area contributed by atoms with E-state index in [-0.39, 0.29) is 47.8 Å². The van der Waals surface area contributed by atoms with Gasteiger partial charge in [0.25, 0.3) is 11.8 Å². The van der Waals surface area contributed by atoms with Crippen LogP contribution in [-0.2, 0) is 24.3 Å². The molecule has 2 fully saturated rings. The summed E-state index contributed by atoms with van der Waals surface area (Å²) in [4.78, 5) is 43.4. The Morgan fingerprint density at radius 1 is 1.11 bits per heavy atom. The second-order valence-corrected chi connectivity index (χ2v) is 12.6. The first-order valence-electron chi connectivity index (χ1n) is 11.8. The number of hydrogen-bond acceptors (Lipinski definition) is 8. The van der Waals surface area contributed by atoms with E-state index in [1.807, 2.05) is 7.05 Å². The number of piperazine rings is 1. The monoisotopic (exact) mass is 603 g/mol. The summed E-state index contributed by atoms with van der Waals surface area (Å²) in [6, 6.07) is 6.13. The summed E-state index contributed by atoms with van der Waals surface area (Å²) >= 11 is 13.5. The topological polar surface area (TPSA) is 128 Å². The quantitative estimate of drug-likeness (QED) is 0.465. The van der Waals surface area contributed by atoms with Crippen molar-refractivity contribution in [2.45, 2.75) is 10.9 Å². The number of sulfonamides is 1. The molecule has 1 aromatic heterocycles. The van der Waals surface area contributed by atoms with E-state index in [0.29, 0.717) is 35.4 Å². The number of benzene rings is 1. The van der Waals surface area contributed by atoms with E-state index in [9.17, 15) is 22.8 Å². The molecule has 0 radical (unpaired) electrons. The molecule has 2 aliphatic rings. The van der Waals surface area contributed by atoms with Gasteiger partial charge in [0.1, 0.15) is 17.5 Å². The maximum atomic E-state index is 13.5. The van der Waals surface area contributed by atoms with Crippen LogP contribution in [0.5, 0.6) is 0 Å². The fourth-order valence-corrected chi connectivity index (χ4v) is 6.86. The molecule has 15 heteroatoms. The molecule has 206 valence electrons. The van der Waals surface area contributed by atoms with Crippen LogP contribution >= 0.6 is 34.5 Å². The molecule has 0 saturated carbocycles. The van der Waals surface area contributed by atoms with E-state index in [1.54, 1.807) is 23.1 Å². The Morgan fingerprint density at radius 2 is 1.84 bits per heavy atom. The van der Waals surface area contributed by atoms with Crippen LogP contribution in [0.1, 0.15) is 9.67 Å². The number of carbonyl (C=O) groups is 3. The Kier molecular flexibility index (Phi) is 9.29. The summed E-state index contributed by atoms with van der Waals surface area (Å²) in [5, 5.41) is 2.47. The number of ether oxygens (including phenoxy) is 1. The average molecular weight is 605 g/mol. The van der Waals surface area contributed by atoms with Crippen LogP contribution in [0, 0.1) is 0 Å². The van der Waals surface area contributed by atoms with Crippen molar-refractivity contribution in [3.05, 3.63) is 44.6 Å². The van der Waals surface area contributed by atoms with Crippen LogP contribution in [0.25, 0.3) is 0 Å². The number of nitrogens with one attached hydrogen (secondary N) is 2. The fraction of sp³-hybridized carbons (Fsp3) is 0.435. The summed E-state index contributed by atoms with van der Waals surface area (Å²) in [5.74, 6) is -1.30. The molecular formula is C23H27Cl2N5O6S2. The van der Waals surface area contributed by atoms with Crippen molar-refractivity contribution in [1.29, 1.82) is 0 Å². The molecule has 38 heavy (non-hydrogen) atoms. The van der Waals surface area contributed by atoms with E-state index < -0.39 is 27.9 Å². The van der Waals surface area contributed by atoms with Gasteiger partial charge in [-0.3, -0.25) is 14.4 Å². The average Bonchev–Trinajstić information content (AvgIpc) is 3.33. The van der Waals surface area contributed by atoms with Crippen molar-refractivity contribution in [2.75, 3.05) is 64.4 Å². The summed E-state index contributed by atoms with van der Waals surface area (Å²) in [6.45, 7) is 2.17. The second-order valence-electron chi connectivity index (χ2n) is 8.80. The van der Waals surface area contributed by atoms with E-state index in [0.717, 1.165) is 11.3 Å². The number of hydrogen-bond donors (Lipinski definition) is 2. The van der Waals surface area contributed by atoms with Gasteiger partial charge < -0.3 is 24.8 Å². The predicted octanol–water partition coefficient (Wildman–Crippen LogP) is 1.27. The van der Waals surface area contributed by atoms with Crippen LogP contribution in [-0.4, -0.2) is 102 Å². The maximum Gasteiger partial charge on any atom is 0.261 e. The maximum absolute atomic E-state index is 13.5. The first-order chi connectivity index (χ1) is 18.1. The smallest absolute Gasteiger partial charge is 0.261 e. The minimum Gasteiger partial charge on any atom is -0.370 e. The fourth-order valence-electron chi connectivity index (χ4n) is 4.08. The van der Waals surface area contributed by atoms with Gasteiger partial charge in [0.15, 0.2) is 0 Å². The molecule has 2 N–H and O–H groups in total. The van der Waals surface area contributed by atoms with Gasteiger partial charge in [-0.25, -0.2) is 8.42 Å². The third-order valence-corrected chi connectivity index (χ3v) is 9.44. The van der Waals surface area contributed by atoms with Gasteiger partial charge in [-0.2, -0.15) is 4.72 Å². The molecule has 0 bridgehead atoms. The third-order valence-electron chi connectivity index (χ3n) is 6.18. The zero-order valence-electron chi connectivity index (χ0n) is 20.5. The van der Waals surface area contributed by atoms with Crippen LogP contribution in [0.15, 0.2) is 35.2 Å². The highest BCUT2D eigenvalue weighted by molar-refractivity contribution is 7.89. The Bertz CT molecular complexity index is 1310. The lowest BCUT2D eigenvalue weighted by atomic mass is 10.2. The summed E-state index contributed by atoms with van der Waals surface area (Å²) < 4.78 is 35.0. The van der Waals surface area contributed by atoms with Gasteiger partial charge in [0.2, 0.25) is 15.9 Å². The van der Waals surface area contributed by atoms with Crippen molar-refractivity contribution < 1.29 is 27.5 Å². The molecule has 4 rings (SSSR count). The lowest BCUT2D eigenvalue weighted by Crippen LogP contribution is -2.57. The molecule has 0 spiro atoms. The van der Waals surface area contributed by atoms with E-state index in [2.05, 4.69) is 14.9 Å². The van der Waals surface area contributed by atoms with Crippen molar-refractivity contribution in [2.24, 2.45) is 0 Å². The number of amides is 3. The number of rotatable bonds is 8. The Hall–Kier alpha value is -2.26. The molecule has 2 aliphatic heterocycles. The van der Waals surface area contributed by atoms with Gasteiger partial charge >= 0.3 is 0 Å². The number of likely N-dealkylation sites (N-methyl/N-ethyl adjacent to an activating group) is 1. The van der Waals surface area contributed by atoms with E-state index in [1.165, 1.54) is 17.0 Å². The third kappa shape index (κ3) is 6.65. The highest BCUT2D eigenvalue weighted by Crippen LogP contribution is 2.33. The summed E-state index contributed by atoms with van der Waals surface area (Å²) in [7, 11) is -2.42. The van der Waals surface area contributed by atoms with Gasteiger partial charge in [0, 0.05) is 39.3 Å². The Balaban J connectivity index is 1.58. The first kappa shape index (κ1) is 28.7. The first-order valence-corrected chi connectivity index (χ1v) is 14.8. The highest BCUT2D eigenvalue weighted by Gasteiger charge is 2.33. The molecule has 0 unspecified atom stereocenters. The number of thiophene rings is 1.